The SMILES string of the molecule is CC(c1ccc(-c2ccc(COC3CCCC3)cc2)cc1)N1CCN(C)CC1. The normalized spacial score (nSPS) is 20.5. The first kappa shape index (κ1) is 19.6. The van der Waals surface area contributed by atoms with Gasteiger partial charge in [0.15, 0.2) is 0 Å². The van der Waals surface area contributed by atoms with Crippen LogP contribution in [0.4, 0.5) is 0 Å². The summed E-state index contributed by atoms with van der Waals surface area (Å²) in [5.74, 6) is 0. The number of nitrogens with zero attached hydrogens (tertiary/aromatic N) is 2. The largest absolute Gasteiger partial charge is 0.374 e. The summed E-state index contributed by atoms with van der Waals surface area (Å²) >= 11 is 0. The molecule has 3 nitrogen and oxygen atoms in total. The summed E-state index contributed by atoms with van der Waals surface area (Å²) in [6, 6.07) is 18.5. The molecule has 150 valence electrons. The van der Waals surface area contributed by atoms with E-state index in [-0.39, 0.29) is 0 Å². The van der Waals surface area contributed by atoms with Crippen molar-refractivity contribution in [2.24, 2.45) is 0 Å². The van der Waals surface area contributed by atoms with Crippen LogP contribution in [0.25, 0.3) is 11.1 Å². The molecular weight excluding hydrogens is 344 g/mol. The summed E-state index contributed by atoms with van der Waals surface area (Å²) in [5.41, 5.74) is 5.26. The minimum Gasteiger partial charge on any atom is -0.374 e. The number of ether oxygens (including phenoxy) is 1. The molecule has 0 aromatic heterocycles. The first-order valence-electron chi connectivity index (χ1n) is 10.9. The van der Waals surface area contributed by atoms with Crippen molar-refractivity contribution in [1.82, 2.24) is 9.80 Å². The fraction of sp³-hybridized carbons (Fsp3) is 0.520. The van der Waals surface area contributed by atoms with Crippen LogP contribution in [0.15, 0.2) is 48.5 Å². The van der Waals surface area contributed by atoms with E-state index in [1.165, 1.54) is 61.0 Å². The molecule has 2 aromatic rings. The number of piperazine rings is 1. The zero-order valence-corrected chi connectivity index (χ0v) is 17.4. The van der Waals surface area contributed by atoms with Crippen LogP contribution in [-0.4, -0.2) is 49.1 Å². The van der Waals surface area contributed by atoms with Gasteiger partial charge in [-0.1, -0.05) is 61.4 Å². The molecule has 2 aliphatic rings. The predicted octanol–water partition coefficient (Wildman–Crippen LogP) is 5.12. The van der Waals surface area contributed by atoms with E-state index >= 15 is 0 Å². The summed E-state index contributed by atoms with van der Waals surface area (Å²) in [4.78, 5) is 5.00. The summed E-state index contributed by atoms with van der Waals surface area (Å²) in [7, 11) is 2.21. The maximum atomic E-state index is 6.03. The average molecular weight is 379 g/mol. The third kappa shape index (κ3) is 4.83. The molecule has 0 N–H and O–H groups in total. The van der Waals surface area contributed by atoms with Gasteiger partial charge in [-0.05, 0) is 49.1 Å². The predicted molar refractivity (Wildman–Crippen MR) is 116 cm³/mol. The molecule has 1 atom stereocenters. The molecule has 1 saturated heterocycles. The van der Waals surface area contributed by atoms with E-state index in [2.05, 4.69) is 72.3 Å². The van der Waals surface area contributed by atoms with Crippen molar-refractivity contribution in [3.63, 3.8) is 0 Å². The summed E-state index contributed by atoms with van der Waals surface area (Å²) in [6.07, 6.45) is 5.60. The van der Waals surface area contributed by atoms with E-state index in [9.17, 15) is 0 Å². The van der Waals surface area contributed by atoms with Gasteiger partial charge >= 0.3 is 0 Å². The first-order chi connectivity index (χ1) is 13.7. The number of hydrogen-bond acceptors (Lipinski definition) is 3. The number of benzene rings is 2. The molecule has 2 aromatic carbocycles. The number of hydrogen-bond donors (Lipinski definition) is 0. The fourth-order valence-electron chi connectivity index (χ4n) is 4.44. The Hall–Kier alpha value is -1.68. The van der Waals surface area contributed by atoms with Gasteiger partial charge in [0.05, 0.1) is 12.7 Å². The molecule has 1 unspecified atom stereocenters. The van der Waals surface area contributed by atoms with E-state index in [1.807, 2.05) is 0 Å². The Labute approximate surface area is 170 Å². The Morgan fingerprint density at radius 1 is 0.857 bits per heavy atom. The lowest BCUT2D eigenvalue weighted by Crippen LogP contribution is -2.45. The van der Waals surface area contributed by atoms with Crippen molar-refractivity contribution in [2.45, 2.75) is 51.4 Å². The van der Waals surface area contributed by atoms with Gasteiger partial charge in [-0.3, -0.25) is 4.90 Å². The minimum absolute atomic E-state index is 0.481. The first-order valence-corrected chi connectivity index (χ1v) is 10.9. The highest BCUT2D eigenvalue weighted by Crippen LogP contribution is 2.26. The lowest BCUT2D eigenvalue weighted by molar-refractivity contribution is 0.0457. The van der Waals surface area contributed by atoms with Gasteiger partial charge in [0.1, 0.15) is 0 Å². The second-order valence-electron chi connectivity index (χ2n) is 8.55. The van der Waals surface area contributed by atoms with Crippen molar-refractivity contribution in [3.05, 3.63) is 59.7 Å². The maximum Gasteiger partial charge on any atom is 0.0720 e. The highest BCUT2D eigenvalue weighted by molar-refractivity contribution is 5.64. The smallest absolute Gasteiger partial charge is 0.0720 e. The molecule has 4 rings (SSSR count). The zero-order chi connectivity index (χ0) is 19.3. The monoisotopic (exact) mass is 378 g/mol. The van der Waals surface area contributed by atoms with Gasteiger partial charge in [0, 0.05) is 32.2 Å². The minimum atomic E-state index is 0.481. The summed E-state index contributed by atoms with van der Waals surface area (Å²) in [5, 5.41) is 0. The second-order valence-corrected chi connectivity index (χ2v) is 8.55. The van der Waals surface area contributed by atoms with Gasteiger partial charge in [-0.2, -0.15) is 0 Å². The Balaban J connectivity index is 1.35. The van der Waals surface area contributed by atoms with Crippen LogP contribution in [-0.2, 0) is 11.3 Å². The van der Waals surface area contributed by atoms with Crippen molar-refractivity contribution in [2.75, 3.05) is 33.2 Å². The summed E-state index contributed by atoms with van der Waals surface area (Å²) < 4.78 is 6.03. The molecule has 1 heterocycles. The Morgan fingerprint density at radius 3 is 2.04 bits per heavy atom. The van der Waals surface area contributed by atoms with Crippen LogP contribution >= 0.6 is 0 Å². The van der Waals surface area contributed by atoms with Crippen LogP contribution in [0.2, 0.25) is 0 Å². The van der Waals surface area contributed by atoms with Gasteiger partial charge < -0.3 is 9.64 Å². The van der Waals surface area contributed by atoms with Crippen molar-refractivity contribution < 1.29 is 4.74 Å². The van der Waals surface area contributed by atoms with Gasteiger partial charge in [-0.25, -0.2) is 0 Å². The van der Waals surface area contributed by atoms with E-state index < -0.39 is 0 Å². The molecule has 1 saturated carbocycles. The molecule has 0 radical (unpaired) electrons. The standard InChI is InChI=1S/C25H34N2O/c1-20(27-17-15-26(2)16-18-27)22-11-13-24(14-12-22)23-9-7-21(8-10-23)19-28-25-5-3-4-6-25/h7-14,20,25H,3-6,15-19H2,1-2H3. The molecule has 0 amide bonds. The molecule has 2 fully saturated rings. The third-order valence-corrected chi connectivity index (χ3v) is 6.55. The zero-order valence-electron chi connectivity index (χ0n) is 17.4. The molecule has 0 bridgehead atoms. The lowest BCUT2D eigenvalue weighted by Gasteiger charge is -2.36. The van der Waals surface area contributed by atoms with Gasteiger partial charge in [-0.15, -0.1) is 0 Å². The fourth-order valence-corrected chi connectivity index (χ4v) is 4.44. The molecule has 28 heavy (non-hydrogen) atoms. The second kappa shape index (κ2) is 9.21. The topological polar surface area (TPSA) is 15.7 Å². The number of likely N-dealkylation sites (N-methyl/N-ethyl adjacent to an activating group) is 1. The Morgan fingerprint density at radius 2 is 1.43 bits per heavy atom. The highest BCUT2D eigenvalue weighted by atomic mass is 16.5. The van der Waals surface area contributed by atoms with Crippen LogP contribution < -0.4 is 0 Å². The quantitative estimate of drug-likeness (QED) is 0.694. The van der Waals surface area contributed by atoms with Gasteiger partial charge in [0.2, 0.25) is 0 Å². The number of rotatable bonds is 6. The van der Waals surface area contributed by atoms with E-state index in [0.717, 1.165) is 19.7 Å². The molecular formula is C25H34N2O. The van der Waals surface area contributed by atoms with E-state index in [1.54, 1.807) is 0 Å². The molecule has 3 heteroatoms. The molecule has 0 spiro atoms. The highest BCUT2D eigenvalue weighted by Gasteiger charge is 2.20. The van der Waals surface area contributed by atoms with Crippen LogP contribution in [0, 0.1) is 0 Å². The van der Waals surface area contributed by atoms with E-state index in [0.29, 0.717) is 12.1 Å². The Kier molecular flexibility index (Phi) is 6.46. The molecule has 1 aliphatic heterocycles. The third-order valence-electron chi connectivity index (χ3n) is 6.55. The van der Waals surface area contributed by atoms with Crippen LogP contribution in [0.5, 0.6) is 0 Å². The lowest BCUT2D eigenvalue weighted by atomic mass is 9.99. The van der Waals surface area contributed by atoms with E-state index in [4.69, 9.17) is 4.74 Å². The van der Waals surface area contributed by atoms with Crippen molar-refractivity contribution in [1.29, 1.82) is 0 Å². The van der Waals surface area contributed by atoms with Crippen LogP contribution in [0.1, 0.15) is 49.8 Å². The van der Waals surface area contributed by atoms with Crippen LogP contribution in [0.3, 0.4) is 0 Å². The van der Waals surface area contributed by atoms with Gasteiger partial charge in [0.25, 0.3) is 0 Å². The van der Waals surface area contributed by atoms with Crippen molar-refractivity contribution in [3.8, 4) is 11.1 Å². The summed E-state index contributed by atoms with van der Waals surface area (Å²) in [6.45, 7) is 7.72. The maximum absolute atomic E-state index is 6.03. The average Bonchev–Trinajstić information content (AvgIpc) is 3.27. The van der Waals surface area contributed by atoms with Crippen molar-refractivity contribution >= 4 is 0 Å². The Bertz CT molecular complexity index is 726. The molecule has 1 aliphatic carbocycles.